The van der Waals surface area contributed by atoms with Crippen molar-refractivity contribution in [1.82, 2.24) is 5.32 Å². The Bertz CT molecular complexity index is 350. The van der Waals surface area contributed by atoms with Gasteiger partial charge in [-0.05, 0) is 24.8 Å². The van der Waals surface area contributed by atoms with E-state index in [1.165, 1.54) is 4.88 Å². The highest BCUT2D eigenvalue weighted by atomic mass is 32.2. The van der Waals surface area contributed by atoms with Gasteiger partial charge < -0.3 is 10.4 Å². The predicted molar refractivity (Wildman–Crippen MR) is 79.0 cm³/mol. The van der Waals surface area contributed by atoms with E-state index in [-0.39, 0.29) is 5.91 Å². The maximum absolute atomic E-state index is 11.6. The van der Waals surface area contributed by atoms with Crippen LogP contribution in [0.5, 0.6) is 0 Å². The fourth-order valence-corrected chi connectivity index (χ4v) is 3.30. The van der Waals surface area contributed by atoms with E-state index in [0.717, 1.165) is 12.2 Å². The largest absolute Gasteiger partial charge is 0.388 e. The van der Waals surface area contributed by atoms with Crippen molar-refractivity contribution in [1.29, 1.82) is 0 Å². The summed E-state index contributed by atoms with van der Waals surface area (Å²) < 4.78 is 0. The van der Waals surface area contributed by atoms with Gasteiger partial charge in [-0.15, -0.1) is 23.1 Å². The van der Waals surface area contributed by atoms with Crippen LogP contribution in [0.3, 0.4) is 0 Å². The summed E-state index contributed by atoms with van der Waals surface area (Å²) >= 11 is 3.31. The van der Waals surface area contributed by atoms with E-state index in [0.29, 0.717) is 18.7 Å². The molecule has 102 valence electrons. The van der Waals surface area contributed by atoms with Gasteiger partial charge in [0.1, 0.15) is 0 Å². The Hall–Kier alpha value is -0.520. The van der Waals surface area contributed by atoms with Crippen LogP contribution in [0.1, 0.15) is 31.6 Å². The Morgan fingerprint density at radius 2 is 2.39 bits per heavy atom. The predicted octanol–water partition coefficient (Wildman–Crippen LogP) is 2.65. The van der Waals surface area contributed by atoms with Gasteiger partial charge in [0.25, 0.3) is 0 Å². The number of carbonyl (C=O) groups excluding carboxylic acids is 1. The Labute approximate surface area is 117 Å². The standard InChI is InChI=1S/C13H21NO2S2/c1-3-6-13(2,16)10-14-12(15)9-17-8-11-5-4-7-18-11/h4-5,7,16H,3,6,8-10H2,1-2H3,(H,14,15). The summed E-state index contributed by atoms with van der Waals surface area (Å²) in [4.78, 5) is 12.9. The van der Waals surface area contributed by atoms with Crippen molar-refractivity contribution < 1.29 is 9.90 Å². The number of nitrogens with one attached hydrogen (secondary N) is 1. The molecule has 0 aliphatic carbocycles. The topological polar surface area (TPSA) is 49.3 Å². The van der Waals surface area contributed by atoms with Crippen molar-refractivity contribution in [2.75, 3.05) is 12.3 Å². The summed E-state index contributed by atoms with van der Waals surface area (Å²) in [6, 6.07) is 4.09. The number of thiophene rings is 1. The molecule has 0 aromatic carbocycles. The number of carbonyl (C=O) groups is 1. The maximum Gasteiger partial charge on any atom is 0.230 e. The molecule has 3 nitrogen and oxygen atoms in total. The van der Waals surface area contributed by atoms with Crippen molar-refractivity contribution in [2.45, 2.75) is 38.0 Å². The summed E-state index contributed by atoms with van der Waals surface area (Å²) in [5.74, 6) is 1.31. The van der Waals surface area contributed by atoms with Crippen LogP contribution in [-0.2, 0) is 10.5 Å². The molecule has 18 heavy (non-hydrogen) atoms. The Morgan fingerprint density at radius 3 is 3.00 bits per heavy atom. The first kappa shape index (κ1) is 15.5. The summed E-state index contributed by atoms with van der Waals surface area (Å²) in [5, 5.41) is 14.7. The molecule has 1 rings (SSSR count). The molecule has 0 saturated heterocycles. The van der Waals surface area contributed by atoms with E-state index in [1.807, 2.05) is 18.4 Å². The van der Waals surface area contributed by atoms with Crippen LogP contribution in [0.15, 0.2) is 17.5 Å². The van der Waals surface area contributed by atoms with Gasteiger partial charge in [0.2, 0.25) is 5.91 Å². The van der Waals surface area contributed by atoms with Crippen LogP contribution in [0.2, 0.25) is 0 Å². The van der Waals surface area contributed by atoms with Crippen LogP contribution < -0.4 is 5.32 Å². The van der Waals surface area contributed by atoms with Gasteiger partial charge in [-0.25, -0.2) is 0 Å². The average molecular weight is 287 g/mol. The van der Waals surface area contributed by atoms with E-state index < -0.39 is 5.60 Å². The number of hydrogen-bond donors (Lipinski definition) is 2. The minimum Gasteiger partial charge on any atom is -0.388 e. The van der Waals surface area contributed by atoms with Gasteiger partial charge in [-0.2, -0.15) is 0 Å². The molecule has 1 atom stereocenters. The van der Waals surface area contributed by atoms with Gasteiger partial charge in [-0.1, -0.05) is 19.4 Å². The van der Waals surface area contributed by atoms with Crippen molar-refractivity contribution in [3.8, 4) is 0 Å². The summed E-state index contributed by atoms with van der Waals surface area (Å²) in [7, 11) is 0. The third-order valence-corrected chi connectivity index (χ3v) is 4.55. The molecule has 0 aliphatic heterocycles. The lowest BCUT2D eigenvalue weighted by atomic mass is 10.0. The molecule has 0 aliphatic rings. The van der Waals surface area contributed by atoms with Crippen molar-refractivity contribution in [2.24, 2.45) is 0 Å². The van der Waals surface area contributed by atoms with Gasteiger partial charge in [0, 0.05) is 17.2 Å². The number of aliphatic hydroxyl groups is 1. The third-order valence-electron chi connectivity index (χ3n) is 2.51. The second-order valence-electron chi connectivity index (χ2n) is 4.60. The zero-order valence-corrected chi connectivity index (χ0v) is 12.6. The average Bonchev–Trinajstić information content (AvgIpc) is 2.79. The van der Waals surface area contributed by atoms with E-state index >= 15 is 0 Å². The van der Waals surface area contributed by atoms with Crippen molar-refractivity contribution in [3.63, 3.8) is 0 Å². The number of hydrogen-bond acceptors (Lipinski definition) is 4. The molecular weight excluding hydrogens is 266 g/mol. The highest BCUT2D eigenvalue weighted by Gasteiger charge is 2.19. The molecular formula is C13H21NO2S2. The molecule has 0 bridgehead atoms. The van der Waals surface area contributed by atoms with E-state index in [9.17, 15) is 9.90 Å². The minimum atomic E-state index is -0.789. The van der Waals surface area contributed by atoms with E-state index in [1.54, 1.807) is 30.0 Å². The molecule has 1 heterocycles. The molecule has 0 radical (unpaired) electrons. The highest BCUT2D eigenvalue weighted by Crippen LogP contribution is 2.16. The normalized spacial score (nSPS) is 14.2. The molecule has 0 spiro atoms. The molecule has 1 aromatic heterocycles. The fourth-order valence-electron chi connectivity index (χ4n) is 1.61. The van der Waals surface area contributed by atoms with Crippen molar-refractivity contribution >= 4 is 29.0 Å². The Balaban J connectivity index is 2.14. The lowest BCUT2D eigenvalue weighted by molar-refractivity contribution is -0.119. The smallest absolute Gasteiger partial charge is 0.230 e. The monoisotopic (exact) mass is 287 g/mol. The quantitative estimate of drug-likeness (QED) is 0.773. The lowest BCUT2D eigenvalue weighted by Gasteiger charge is -2.22. The highest BCUT2D eigenvalue weighted by molar-refractivity contribution is 7.99. The Kier molecular flexibility index (Phi) is 6.75. The van der Waals surface area contributed by atoms with E-state index in [4.69, 9.17) is 0 Å². The molecule has 0 fully saturated rings. The third kappa shape index (κ3) is 6.42. The first-order valence-electron chi connectivity index (χ1n) is 6.13. The summed E-state index contributed by atoms with van der Waals surface area (Å²) in [6.07, 6.45) is 1.62. The first-order valence-corrected chi connectivity index (χ1v) is 8.16. The maximum atomic E-state index is 11.6. The van der Waals surface area contributed by atoms with Gasteiger partial charge in [0.05, 0.1) is 11.4 Å². The van der Waals surface area contributed by atoms with Crippen LogP contribution in [0.4, 0.5) is 0 Å². The van der Waals surface area contributed by atoms with Crippen LogP contribution in [0.25, 0.3) is 0 Å². The fraction of sp³-hybridized carbons (Fsp3) is 0.615. The Morgan fingerprint density at radius 1 is 1.61 bits per heavy atom. The number of amides is 1. The minimum absolute atomic E-state index is 0.00654. The molecule has 1 amide bonds. The van der Waals surface area contributed by atoms with Gasteiger partial charge in [0.15, 0.2) is 0 Å². The van der Waals surface area contributed by atoms with Crippen LogP contribution in [-0.4, -0.2) is 28.9 Å². The zero-order valence-electron chi connectivity index (χ0n) is 10.9. The number of thioether (sulfide) groups is 1. The van der Waals surface area contributed by atoms with Gasteiger partial charge >= 0.3 is 0 Å². The molecule has 1 aromatic rings. The lowest BCUT2D eigenvalue weighted by Crippen LogP contribution is -2.41. The zero-order chi connectivity index (χ0) is 13.4. The molecule has 1 unspecified atom stereocenters. The molecule has 2 N–H and O–H groups in total. The second kappa shape index (κ2) is 7.81. The van der Waals surface area contributed by atoms with Crippen molar-refractivity contribution in [3.05, 3.63) is 22.4 Å². The SMILES string of the molecule is CCCC(C)(O)CNC(=O)CSCc1cccs1. The molecule has 5 heteroatoms. The molecule has 0 saturated carbocycles. The number of rotatable bonds is 8. The summed E-state index contributed by atoms with van der Waals surface area (Å²) in [6.45, 7) is 4.11. The summed E-state index contributed by atoms with van der Waals surface area (Å²) in [5.41, 5.74) is -0.789. The van der Waals surface area contributed by atoms with Crippen LogP contribution >= 0.6 is 23.1 Å². The van der Waals surface area contributed by atoms with Crippen LogP contribution in [0, 0.1) is 0 Å². The first-order chi connectivity index (χ1) is 8.53. The van der Waals surface area contributed by atoms with Gasteiger partial charge in [-0.3, -0.25) is 4.79 Å². The second-order valence-corrected chi connectivity index (χ2v) is 6.61. The van der Waals surface area contributed by atoms with E-state index in [2.05, 4.69) is 11.4 Å².